The topological polar surface area (TPSA) is 101 Å². The lowest BCUT2D eigenvalue weighted by Crippen LogP contribution is -2.48. The summed E-state index contributed by atoms with van der Waals surface area (Å²) in [6, 6.07) is 7.45. The average molecular weight is 375 g/mol. The highest BCUT2D eigenvalue weighted by atomic mass is 16.2. The van der Waals surface area contributed by atoms with Crippen molar-refractivity contribution in [3.63, 3.8) is 0 Å². The van der Waals surface area contributed by atoms with E-state index in [0.29, 0.717) is 23.5 Å². The molecule has 28 heavy (non-hydrogen) atoms. The fourth-order valence-electron chi connectivity index (χ4n) is 4.64. The summed E-state index contributed by atoms with van der Waals surface area (Å²) < 4.78 is 0. The number of amides is 1. The van der Waals surface area contributed by atoms with E-state index in [1.165, 1.54) is 5.56 Å². The number of aromatic amines is 1. The second kappa shape index (κ2) is 6.47. The number of benzene rings is 1. The Morgan fingerprint density at radius 2 is 2.14 bits per heavy atom. The minimum atomic E-state index is -0.0575. The number of carbonyl (C=O) groups is 1. The molecule has 1 unspecified atom stereocenters. The molecule has 1 saturated heterocycles. The van der Waals surface area contributed by atoms with Gasteiger partial charge in [0, 0.05) is 30.3 Å². The first-order chi connectivity index (χ1) is 13.7. The van der Waals surface area contributed by atoms with Gasteiger partial charge in [-0.25, -0.2) is 9.97 Å². The SMILES string of the molecule is Cc1ncc2c(n1)C1(CCCN(C(=O)c3ccccc3-c3nn[nH]n3)C1)CC2. The fourth-order valence-corrected chi connectivity index (χ4v) is 4.64. The van der Waals surface area contributed by atoms with E-state index >= 15 is 0 Å². The predicted molar refractivity (Wildman–Crippen MR) is 102 cm³/mol. The van der Waals surface area contributed by atoms with E-state index in [1.54, 1.807) is 0 Å². The summed E-state index contributed by atoms with van der Waals surface area (Å²) in [4.78, 5) is 24.5. The third kappa shape index (κ3) is 2.67. The molecule has 8 nitrogen and oxygen atoms in total. The minimum absolute atomic E-state index is 0.0127. The Labute approximate surface area is 162 Å². The zero-order valence-electron chi connectivity index (χ0n) is 15.7. The van der Waals surface area contributed by atoms with E-state index in [9.17, 15) is 4.79 Å². The number of aromatic nitrogens is 6. The van der Waals surface area contributed by atoms with Gasteiger partial charge in [0.1, 0.15) is 5.82 Å². The largest absolute Gasteiger partial charge is 0.338 e. The van der Waals surface area contributed by atoms with Gasteiger partial charge in [0.2, 0.25) is 5.82 Å². The van der Waals surface area contributed by atoms with E-state index in [0.717, 1.165) is 43.7 Å². The molecule has 8 heteroatoms. The molecule has 142 valence electrons. The fraction of sp³-hybridized carbons (Fsp3) is 0.400. The molecule has 0 saturated carbocycles. The summed E-state index contributed by atoms with van der Waals surface area (Å²) in [5.41, 5.74) is 3.62. The number of carbonyl (C=O) groups excluding carboxylic acids is 1. The van der Waals surface area contributed by atoms with Crippen molar-refractivity contribution < 1.29 is 4.79 Å². The van der Waals surface area contributed by atoms with Crippen LogP contribution in [0.2, 0.25) is 0 Å². The van der Waals surface area contributed by atoms with E-state index in [1.807, 2.05) is 42.3 Å². The number of aryl methyl sites for hydroxylation is 2. The lowest BCUT2D eigenvalue weighted by Gasteiger charge is -2.40. The van der Waals surface area contributed by atoms with Crippen LogP contribution in [0.1, 0.15) is 46.7 Å². The molecule has 3 heterocycles. The Morgan fingerprint density at radius 1 is 1.25 bits per heavy atom. The van der Waals surface area contributed by atoms with Crippen LogP contribution in [-0.4, -0.2) is 54.5 Å². The van der Waals surface area contributed by atoms with Gasteiger partial charge in [-0.2, -0.15) is 5.21 Å². The Kier molecular flexibility index (Phi) is 3.92. The summed E-state index contributed by atoms with van der Waals surface area (Å²) in [5, 5.41) is 14.2. The van der Waals surface area contributed by atoms with Crippen LogP contribution < -0.4 is 0 Å². The van der Waals surface area contributed by atoms with Crippen LogP contribution >= 0.6 is 0 Å². The minimum Gasteiger partial charge on any atom is -0.338 e. The van der Waals surface area contributed by atoms with Crippen LogP contribution in [0.4, 0.5) is 0 Å². The molecule has 1 fully saturated rings. The second-order valence-electron chi connectivity index (χ2n) is 7.68. The van der Waals surface area contributed by atoms with Crippen LogP contribution in [0, 0.1) is 6.92 Å². The van der Waals surface area contributed by atoms with Crippen molar-refractivity contribution in [3.8, 4) is 11.4 Å². The van der Waals surface area contributed by atoms with E-state index in [4.69, 9.17) is 4.98 Å². The van der Waals surface area contributed by atoms with E-state index in [-0.39, 0.29) is 11.3 Å². The maximum atomic E-state index is 13.4. The number of H-pyrrole nitrogens is 1. The van der Waals surface area contributed by atoms with Crippen molar-refractivity contribution in [3.05, 3.63) is 53.1 Å². The predicted octanol–water partition coefficient (Wildman–Crippen LogP) is 2.09. The normalized spacial score (nSPS) is 21.1. The summed E-state index contributed by atoms with van der Waals surface area (Å²) >= 11 is 0. The number of tetrazole rings is 1. The Hall–Kier alpha value is -3.16. The monoisotopic (exact) mass is 375 g/mol. The molecule has 1 aliphatic heterocycles. The highest BCUT2D eigenvalue weighted by Gasteiger charge is 2.44. The third-order valence-corrected chi connectivity index (χ3v) is 5.97. The number of nitrogens with zero attached hydrogens (tertiary/aromatic N) is 6. The lowest BCUT2D eigenvalue weighted by atomic mass is 9.77. The average Bonchev–Trinajstić information content (AvgIpc) is 3.37. The molecule has 0 radical (unpaired) electrons. The van der Waals surface area contributed by atoms with Crippen LogP contribution in [0.5, 0.6) is 0 Å². The van der Waals surface area contributed by atoms with E-state index < -0.39 is 0 Å². The number of hydrogen-bond donors (Lipinski definition) is 1. The molecule has 1 spiro atoms. The first kappa shape index (κ1) is 17.0. The van der Waals surface area contributed by atoms with Gasteiger partial charge in [0.25, 0.3) is 5.91 Å². The molecule has 0 bridgehead atoms. The second-order valence-corrected chi connectivity index (χ2v) is 7.68. The van der Waals surface area contributed by atoms with Gasteiger partial charge in [-0.1, -0.05) is 18.2 Å². The zero-order valence-corrected chi connectivity index (χ0v) is 15.7. The van der Waals surface area contributed by atoms with Gasteiger partial charge in [0.05, 0.1) is 11.3 Å². The molecule has 1 N–H and O–H groups in total. The maximum Gasteiger partial charge on any atom is 0.254 e. The number of likely N-dealkylation sites (tertiary alicyclic amines) is 1. The van der Waals surface area contributed by atoms with Crippen LogP contribution in [0.3, 0.4) is 0 Å². The summed E-state index contributed by atoms with van der Waals surface area (Å²) in [5.74, 6) is 1.25. The van der Waals surface area contributed by atoms with Crippen molar-refractivity contribution >= 4 is 5.91 Å². The molecular weight excluding hydrogens is 354 g/mol. The van der Waals surface area contributed by atoms with Crippen LogP contribution in [0.25, 0.3) is 11.4 Å². The van der Waals surface area contributed by atoms with Gasteiger partial charge in [-0.15, -0.1) is 10.2 Å². The number of piperidine rings is 1. The van der Waals surface area contributed by atoms with Crippen molar-refractivity contribution in [2.24, 2.45) is 0 Å². The zero-order chi connectivity index (χ0) is 19.1. The molecule has 3 aromatic rings. The summed E-state index contributed by atoms with van der Waals surface area (Å²) in [6.45, 7) is 3.37. The van der Waals surface area contributed by atoms with Crippen molar-refractivity contribution in [1.29, 1.82) is 0 Å². The third-order valence-electron chi connectivity index (χ3n) is 5.97. The molecule has 2 aromatic heterocycles. The molecule has 1 amide bonds. The molecule has 1 aromatic carbocycles. The number of nitrogens with one attached hydrogen (secondary N) is 1. The number of rotatable bonds is 2. The van der Waals surface area contributed by atoms with Gasteiger partial charge in [-0.3, -0.25) is 4.79 Å². The van der Waals surface area contributed by atoms with Crippen LogP contribution in [0.15, 0.2) is 30.5 Å². The standard InChI is InChI=1S/C20H21N7O/c1-13-21-11-14-7-9-20(17(14)22-13)8-4-10-27(12-20)19(28)16-6-3-2-5-15(16)18-23-25-26-24-18/h2-3,5-6,11H,4,7-10,12H2,1H3,(H,23,24,25,26). The van der Waals surface area contributed by atoms with Crippen molar-refractivity contribution in [2.45, 2.75) is 38.0 Å². The van der Waals surface area contributed by atoms with E-state index in [2.05, 4.69) is 25.6 Å². The summed E-state index contributed by atoms with van der Waals surface area (Å²) in [6.07, 6.45) is 6.00. The summed E-state index contributed by atoms with van der Waals surface area (Å²) in [7, 11) is 0. The Bertz CT molecular complexity index is 1030. The molecule has 5 rings (SSSR count). The number of fused-ring (bicyclic) bond motifs is 2. The Balaban J connectivity index is 1.48. The smallest absolute Gasteiger partial charge is 0.254 e. The molecule has 2 aliphatic rings. The molecule has 1 aliphatic carbocycles. The van der Waals surface area contributed by atoms with Gasteiger partial charge >= 0.3 is 0 Å². The quantitative estimate of drug-likeness (QED) is 0.736. The van der Waals surface area contributed by atoms with Gasteiger partial charge < -0.3 is 4.90 Å². The first-order valence-electron chi connectivity index (χ1n) is 9.61. The molecule has 1 atom stereocenters. The van der Waals surface area contributed by atoms with Gasteiger partial charge in [-0.05, 0) is 49.5 Å². The maximum absolute atomic E-state index is 13.4. The Morgan fingerprint density at radius 3 is 3.00 bits per heavy atom. The molecular formula is C20H21N7O. The highest BCUT2D eigenvalue weighted by Crippen LogP contribution is 2.44. The van der Waals surface area contributed by atoms with Gasteiger partial charge in [0.15, 0.2) is 0 Å². The van der Waals surface area contributed by atoms with Crippen molar-refractivity contribution in [1.82, 2.24) is 35.5 Å². The lowest BCUT2D eigenvalue weighted by molar-refractivity contribution is 0.0634. The van der Waals surface area contributed by atoms with Crippen LogP contribution in [-0.2, 0) is 11.8 Å². The number of hydrogen-bond acceptors (Lipinski definition) is 6. The van der Waals surface area contributed by atoms with Crippen molar-refractivity contribution in [2.75, 3.05) is 13.1 Å². The highest BCUT2D eigenvalue weighted by molar-refractivity contribution is 6.00. The first-order valence-corrected chi connectivity index (χ1v) is 9.61.